The van der Waals surface area contributed by atoms with E-state index in [-0.39, 0.29) is 24.5 Å². The van der Waals surface area contributed by atoms with Crippen LogP contribution in [0.5, 0.6) is 0 Å². The summed E-state index contributed by atoms with van der Waals surface area (Å²) in [6.07, 6.45) is 7.27. The summed E-state index contributed by atoms with van der Waals surface area (Å²) in [6.45, 7) is 4.00. The molecule has 12 heteroatoms. The van der Waals surface area contributed by atoms with Gasteiger partial charge in [0.2, 0.25) is 5.91 Å². The second kappa shape index (κ2) is 8.02. The number of nitrogens with zero attached hydrogens (tertiary/aromatic N) is 8. The Bertz CT molecular complexity index is 1030. The molecule has 2 atom stereocenters. The molecule has 3 aliphatic heterocycles. The first-order valence-electron chi connectivity index (χ1n) is 10.6. The molecule has 0 saturated carbocycles. The molecule has 0 aliphatic carbocycles. The van der Waals surface area contributed by atoms with Crippen LogP contribution in [0.3, 0.4) is 0 Å². The number of β-amino-alcohol motifs (C(OH)–C–C–N with tert-alkyl or cyclic N) is 1. The highest BCUT2D eigenvalue weighted by Gasteiger charge is 2.52. The van der Waals surface area contributed by atoms with Crippen LogP contribution in [0.15, 0.2) is 30.5 Å². The standard InChI is InChI=1S/C20H24N8O4/c1-13-7-20(19(31)28(13)14-6-18(30)32-11-14)2-4-26(5-3-20)10-16(29)15-8-22-17(9-21-15)27-12-23-24-25-27/h6,8-9,12-13,16,29H,2-5,7,10-11H2,1H3/t13-,16?/m1/s1. The highest BCUT2D eigenvalue weighted by Crippen LogP contribution is 2.46. The van der Waals surface area contributed by atoms with E-state index in [4.69, 9.17) is 4.74 Å². The number of amides is 1. The molecule has 168 valence electrons. The summed E-state index contributed by atoms with van der Waals surface area (Å²) in [7, 11) is 0. The van der Waals surface area contributed by atoms with Gasteiger partial charge < -0.3 is 19.6 Å². The molecule has 1 amide bonds. The number of carbonyl (C=O) groups is 2. The zero-order valence-corrected chi connectivity index (χ0v) is 17.7. The fraction of sp³-hybridized carbons (Fsp3) is 0.550. The second-order valence-corrected chi connectivity index (χ2v) is 8.62. The molecule has 32 heavy (non-hydrogen) atoms. The van der Waals surface area contributed by atoms with Gasteiger partial charge in [0.1, 0.15) is 19.0 Å². The van der Waals surface area contributed by atoms with Gasteiger partial charge in [-0.2, -0.15) is 4.68 Å². The Balaban J connectivity index is 1.19. The Morgan fingerprint density at radius 2 is 2.06 bits per heavy atom. The van der Waals surface area contributed by atoms with Crippen LogP contribution in [0.2, 0.25) is 0 Å². The molecular weight excluding hydrogens is 416 g/mol. The van der Waals surface area contributed by atoms with Crippen molar-refractivity contribution in [3.63, 3.8) is 0 Å². The van der Waals surface area contributed by atoms with Gasteiger partial charge in [-0.15, -0.1) is 5.10 Å². The summed E-state index contributed by atoms with van der Waals surface area (Å²) in [5.41, 5.74) is 0.711. The van der Waals surface area contributed by atoms with Crippen LogP contribution in [-0.2, 0) is 14.3 Å². The Morgan fingerprint density at radius 3 is 2.69 bits per heavy atom. The van der Waals surface area contributed by atoms with Gasteiger partial charge in [0.15, 0.2) is 5.82 Å². The van der Waals surface area contributed by atoms with E-state index in [0.717, 1.165) is 6.42 Å². The number of aromatic nitrogens is 6. The number of hydrogen-bond acceptors (Lipinski definition) is 10. The molecule has 0 radical (unpaired) electrons. The highest BCUT2D eigenvalue weighted by atomic mass is 16.5. The van der Waals surface area contributed by atoms with Crippen molar-refractivity contribution in [2.45, 2.75) is 38.3 Å². The van der Waals surface area contributed by atoms with Crippen molar-refractivity contribution in [2.24, 2.45) is 5.41 Å². The lowest BCUT2D eigenvalue weighted by Crippen LogP contribution is -2.45. The van der Waals surface area contributed by atoms with Crippen molar-refractivity contribution in [2.75, 3.05) is 26.2 Å². The molecular formula is C20H24N8O4. The smallest absolute Gasteiger partial charge is 0.333 e. The summed E-state index contributed by atoms with van der Waals surface area (Å²) in [5.74, 6) is 0.159. The largest absolute Gasteiger partial charge is 0.456 e. The molecule has 0 bridgehead atoms. The number of ether oxygens (including phenoxy) is 1. The van der Waals surface area contributed by atoms with Crippen LogP contribution in [0.1, 0.15) is 38.0 Å². The van der Waals surface area contributed by atoms with E-state index < -0.39 is 11.5 Å². The van der Waals surface area contributed by atoms with E-state index in [0.29, 0.717) is 49.7 Å². The van der Waals surface area contributed by atoms with E-state index in [1.54, 1.807) is 4.90 Å². The third kappa shape index (κ3) is 3.65. The minimum Gasteiger partial charge on any atom is -0.456 e. The zero-order valence-electron chi connectivity index (χ0n) is 17.7. The number of aliphatic hydroxyl groups excluding tert-OH is 1. The molecule has 1 spiro atoms. The van der Waals surface area contributed by atoms with Crippen molar-refractivity contribution >= 4 is 11.9 Å². The van der Waals surface area contributed by atoms with Gasteiger partial charge in [0.25, 0.3) is 0 Å². The average molecular weight is 440 g/mol. The maximum atomic E-state index is 13.3. The molecule has 5 heterocycles. The maximum absolute atomic E-state index is 13.3. The number of cyclic esters (lactones) is 1. The zero-order chi connectivity index (χ0) is 22.3. The summed E-state index contributed by atoms with van der Waals surface area (Å²) in [4.78, 5) is 37.2. The van der Waals surface area contributed by atoms with Crippen LogP contribution < -0.4 is 0 Å². The van der Waals surface area contributed by atoms with Crippen LogP contribution in [0, 0.1) is 5.41 Å². The summed E-state index contributed by atoms with van der Waals surface area (Å²) >= 11 is 0. The average Bonchev–Trinajstić information content (AvgIpc) is 3.52. The highest BCUT2D eigenvalue weighted by molar-refractivity contribution is 5.91. The molecule has 12 nitrogen and oxygen atoms in total. The van der Waals surface area contributed by atoms with Gasteiger partial charge in [0.05, 0.1) is 29.2 Å². The summed E-state index contributed by atoms with van der Waals surface area (Å²) in [5, 5.41) is 21.5. The Labute approximate surface area is 183 Å². The molecule has 2 aromatic rings. The maximum Gasteiger partial charge on any atom is 0.333 e. The van der Waals surface area contributed by atoms with Crippen molar-refractivity contribution in [3.8, 4) is 5.82 Å². The molecule has 2 fully saturated rings. The number of rotatable bonds is 5. The topological polar surface area (TPSA) is 139 Å². The summed E-state index contributed by atoms with van der Waals surface area (Å²) < 4.78 is 6.39. The third-order valence-corrected chi connectivity index (χ3v) is 6.58. The number of aliphatic hydroxyl groups is 1. The molecule has 0 aromatic carbocycles. The summed E-state index contributed by atoms with van der Waals surface area (Å²) in [6, 6.07) is 0.0364. The lowest BCUT2D eigenvalue weighted by atomic mass is 9.76. The first kappa shape index (κ1) is 20.6. The van der Waals surface area contributed by atoms with Gasteiger partial charge in [-0.25, -0.2) is 9.78 Å². The van der Waals surface area contributed by atoms with Gasteiger partial charge >= 0.3 is 5.97 Å². The van der Waals surface area contributed by atoms with Gasteiger partial charge in [-0.1, -0.05) is 0 Å². The number of carbonyl (C=O) groups excluding carboxylic acids is 2. The van der Waals surface area contributed by atoms with E-state index >= 15 is 0 Å². The fourth-order valence-electron chi connectivity index (χ4n) is 4.92. The van der Waals surface area contributed by atoms with Crippen LogP contribution in [0.25, 0.3) is 5.82 Å². The number of esters is 1. The SMILES string of the molecule is C[C@@H]1CC2(CCN(CC(O)c3cnc(-n4cnnn4)cn3)CC2)C(=O)N1C1=CC(=O)OC1. The second-order valence-electron chi connectivity index (χ2n) is 8.62. The number of likely N-dealkylation sites (tertiary alicyclic amines) is 2. The molecule has 2 saturated heterocycles. The van der Waals surface area contributed by atoms with Crippen molar-refractivity contribution < 1.29 is 19.4 Å². The number of hydrogen-bond donors (Lipinski definition) is 1. The Morgan fingerprint density at radius 1 is 1.25 bits per heavy atom. The lowest BCUT2D eigenvalue weighted by molar-refractivity contribution is -0.139. The molecule has 1 N–H and O–H groups in total. The first-order valence-corrected chi connectivity index (χ1v) is 10.6. The van der Waals surface area contributed by atoms with E-state index in [1.807, 2.05) is 6.92 Å². The normalized spacial score (nSPS) is 24.1. The lowest BCUT2D eigenvalue weighted by Gasteiger charge is -2.38. The Hall–Kier alpha value is -3.25. The predicted molar refractivity (Wildman–Crippen MR) is 108 cm³/mol. The predicted octanol–water partition coefficient (Wildman–Crippen LogP) is -0.371. The monoisotopic (exact) mass is 440 g/mol. The van der Waals surface area contributed by atoms with Gasteiger partial charge in [-0.3, -0.25) is 9.78 Å². The van der Waals surface area contributed by atoms with E-state index in [1.165, 1.54) is 29.5 Å². The number of tetrazole rings is 1. The van der Waals surface area contributed by atoms with Gasteiger partial charge in [0, 0.05) is 18.7 Å². The minimum absolute atomic E-state index is 0.0364. The molecule has 2 aromatic heterocycles. The van der Waals surface area contributed by atoms with E-state index in [9.17, 15) is 14.7 Å². The molecule has 1 unspecified atom stereocenters. The third-order valence-electron chi connectivity index (χ3n) is 6.58. The van der Waals surface area contributed by atoms with Crippen LogP contribution in [-0.4, -0.2) is 89.2 Å². The molecule has 3 aliphatic rings. The van der Waals surface area contributed by atoms with Crippen LogP contribution >= 0.6 is 0 Å². The first-order chi connectivity index (χ1) is 15.4. The van der Waals surface area contributed by atoms with Crippen molar-refractivity contribution in [1.29, 1.82) is 0 Å². The number of piperidine rings is 1. The minimum atomic E-state index is -0.791. The fourth-order valence-corrected chi connectivity index (χ4v) is 4.92. The Kier molecular flexibility index (Phi) is 5.18. The van der Waals surface area contributed by atoms with Crippen LogP contribution in [0.4, 0.5) is 0 Å². The van der Waals surface area contributed by atoms with Crippen molar-refractivity contribution in [1.82, 2.24) is 40.0 Å². The van der Waals surface area contributed by atoms with Gasteiger partial charge in [-0.05, 0) is 49.7 Å². The van der Waals surface area contributed by atoms with E-state index in [2.05, 4.69) is 30.4 Å². The molecule has 5 rings (SSSR count). The van der Waals surface area contributed by atoms with Crippen molar-refractivity contribution in [3.05, 3.63) is 36.2 Å². The quantitative estimate of drug-likeness (QED) is 0.613.